The quantitative estimate of drug-likeness (QED) is 0.475. The molecule has 0 radical (unpaired) electrons. The van der Waals surface area contributed by atoms with Gasteiger partial charge in [0.15, 0.2) is 19.7 Å². The van der Waals surface area contributed by atoms with Crippen molar-refractivity contribution in [2.24, 2.45) is 21.7 Å². The van der Waals surface area contributed by atoms with Crippen LogP contribution in [0.5, 0.6) is 0 Å². The van der Waals surface area contributed by atoms with Crippen LogP contribution < -0.4 is 0 Å². The number of hydrogen-bond acceptors (Lipinski definition) is 4. The van der Waals surface area contributed by atoms with Gasteiger partial charge < -0.3 is 0 Å². The minimum absolute atomic E-state index is 0.431. The minimum Gasteiger partial charge on any atom is -0.227 e. The molecule has 3 aliphatic rings. The first-order chi connectivity index (χ1) is 13.0. The summed E-state index contributed by atoms with van der Waals surface area (Å²) in [6, 6.07) is 0. The van der Waals surface area contributed by atoms with Crippen LogP contribution in [0.15, 0.2) is 22.3 Å². The highest BCUT2D eigenvalue weighted by atomic mass is 32.2. The van der Waals surface area contributed by atoms with Crippen LogP contribution in [0, 0.1) is 21.7 Å². The van der Waals surface area contributed by atoms with Gasteiger partial charge in [-0.15, -0.1) is 0 Å². The van der Waals surface area contributed by atoms with Gasteiger partial charge in [0.1, 0.15) is 21.0 Å². The topological polar surface area (TPSA) is 68.3 Å². The van der Waals surface area contributed by atoms with E-state index in [9.17, 15) is 16.8 Å². The third kappa shape index (κ3) is 3.02. The fraction of sp³-hybridized carbons (Fsp3) is 0.833. The van der Waals surface area contributed by atoms with Crippen molar-refractivity contribution in [2.45, 2.75) is 104 Å². The molecule has 3 rings (SSSR count). The summed E-state index contributed by atoms with van der Waals surface area (Å²) in [6.45, 7) is 24.3. The highest BCUT2D eigenvalue weighted by Gasteiger charge is 2.72. The average Bonchev–Trinajstić information content (AvgIpc) is 2.68. The molecule has 0 N–H and O–H groups in total. The highest BCUT2D eigenvalue weighted by molar-refractivity contribution is 8.01. The number of fused-ring (bicyclic) bond motifs is 6. The van der Waals surface area contributed by atoms with Crippen LogP contribution in [0.2, 0.25) is 0 Å². The van der Waals surface area contributed by atoms with Crippen molar-refractivity contribution in [2.75, 3.05) is 0 Å². The molecule has 0 spiro atoms. The summed E-state index contributed by atoms with van der Waals surface area (Å²) in [5.41, 5.74) is 1.63. The van der Waals surface area contributed by atoms with E-state index in [1.807, 2.05) is 83.1 Å². The van der Waals surface area contributed by atoms with E-state index in [2.05, 4.69) is 0 Å². The molecule has 0 aliphatic carbocycles. The lowest BCUT2D eigenvalue weighted by Gasteiger charge is -2.37. The SMILES string of the molecule is CC(C)(C)C1=C(C(C)(C)C)[C@H]2[C@@H]3C(C(C)(C)C)=C(C(C)(C)C)[C@H]([C@@H]1S2(=O)=O)S3(=O)=O. The predicted molar refractivity (Wildman–Crippen MR) is 125 cm³/mol. The van der Waals surface area contributed by atoms with Crippen LogP contribution in [0.25, 0.3) is 0 Å². The van der Waals surface area contributed by atoms with Gasteiger partial charge in [-0.1, -0.05) is 83.1 Å². The fourth-order valence-corrected chi connectivity index (χ4v) is 13.9. The molecule has 0 aromatic heterocycles. The summed E-state index contributed by atoms with van der Waals surface area (Å²) in [4.78, 5) is 0. The normalized spacial score (nSPS) is 33.5. The van der Waals surface area contributed by atoms with E-state index in [0.29, 0.717) is 0 Å². The number of sulfone groups is 2. The third-order valence-corrected chi connectivity index (χ3v) is 12.1. The Balaban J connectivity index is 2.56. The van der Waals surface area contributed by atoms with Gasteiger partial charge in [0.05, 0.1) is 0 Å². The monoisotopic (exact) mass is 456 g/mol. The zero-order chi connectivity index (χ0) is 23.6. The average molecular weight is 457 g/mol. The molecule has 0 aromatic rings. The van der Waals surface area contributed by atoms with Gasteiger partial charge in [0, 0.05) is 0 Å². The van der Waals surface area contributed by atoms with Gasteiger partial charge in [0.2, 0.25) is 0 Å². The summed E-state index contributed by atoms with van der Waals surface area (Å²) in [5.74, 6) is 0. The predicted octanol–water partition coefficient (Wildman–Crippen LogP) is 5.11. The molecule has 0 aromatic carbocycles. The van der Waals surface area contributed by atoms with Gasteiger partial charge in [-0.3, -0.25) is 0 Å². The molecule has 0 unspecified atom stereocenters. The van der Waals surface area contributed by atoms with E-state index < -0.39 is 62.3 Å². The fourth-order valence-electron chi connectivity index (χ4n) is 6.20. The first-order valence-corrected chi connectivity index (χ1v) is 14.1. The summed E-state index contributed by atoms with van der Waals surface area (Å²) in [5, 5.41) is -3.92. The Morgan fingerprint density at radius 1 is 0.400 bits per heavy atom. The van der Waals surface area contributed by atoms with Crippen molar-refractivity contribution in [3.05, 3.63) is 22.3 Å². The van der Waals surface area contributed by atoms with Crippen LogP contribution in [0.3, 0.4) is 0 Å². The molecular formula is C24H40O4S2. The lowest BCUT2D eigenvalue weighted by atomic mass is 9.65. The van der Waals surface area contributed by atoms with Crippen LogP contribution in [0.4, 0.5) is 0 Å². The molecule has 6 heteroatoms. The maximum atomic E-state index is 14.1. The van der Waals surface area contributed by atoms with Crippen molar-refractivity contribution in [1.29, 1.82) is 0 Å². The molecule has 3 aliphatic heterocycles. The van der Waals surface area contributed by atoms with E-state index in [0.717, 1.165) is 22.3 Å². The van der Waals surface area contributed by atoms with Crippen molar-refractivity contribution in [1.82, 2.24) is 0 Å². The summed E-state index contributed by atoms with van der Waals surface area (Å²) in [7, 11) is -7.36. The second-order valence-electron chi connectivity index (χ2n) is 13.5. The van der Waals surface area contributed by atoms with E-state index >= 15 is 0 Å². The summed E-state index contributed by atoms with van der Waals surface area (Å²) < 4.78 is 56.2. The lowest BCUT2D eigenvalue weighted by Crippen LogP contribution is -2.54. The molecular weight excluding hydrogens is 416 g/mol. The Morgan fingerprint density at radius 2 is 0.533 bits per heavy atom. The van der Waals surface area contributed by atoms with Crippen LogP contribution >= 0.6 is 0 Å². The molecule has 4 atom stereocenters. The Kier molecular flexibility index (Phi) is 4.83. The van der Waals surface area contributed by atoms with Crippen molar-refractivity contribution in [3.63, 3.8) is 0 Å². The van der Waals surface area contributed by atoms with Crippen molar-refractivity contribution >= 4 is 19.7 Å². The van der Waals surface area contributed by atoms with Gasteiger partial charge >= 0.3 is 0 Å². The smallest absolute Gasteiger partial charge is 0.166 e. The first kappa shape index (κ1) is 24.0. The van der Waals surface area contributed by atoms with E-state index in [1.165, 1.54) is 0 Å². The minimum atomic E-state index is -3.68. The number of rotatable bonds is 0. The van der Waals surface area contributed by atoms with E-state index in [4.69, 9.17) is 0 Å². The van der Waals surface area contributed by atoms with Gasteiger partial charge in [-0.25, -0.2) is 16.8 Å². The van der Waals surface area contributed by atoms with Gasteiger partial charge in [0.25, 0.3) is 0 Å². The maximum Gasteiger partial charge on any atom is 0.166 e. The largest absolute Gasteiger partial charge is 0.227 e. The molecule has 172 valence electrons. The second kappa shape index (κ2) is 6.03. The molecule has 4 nitrogen and oxygen atoms in total. The van der Waals surface area contributed by atoms with E-state index in [1.54, 1.807) is 0 Å². The third-order valence-electron chi connectivity index (χ3n) is 6.92. The second-order valence-corrected chi connectivity index (χ2v) is 17.9. The standard InChI is InChI=1S/C24H40O4S2/c1-21(2,3)13-14(22(4,5)6)18-20-16(24(10,11)12)15(23(7,8)9)19(30(20,27)28)17(13)29(18,25)26/h17-20H,1-12H3/t17-,18+,19-,20+. The highest BCUT2D eigenvalue weighted by Crippen LogP contribution is 2.64. The van der Waals surface area contributed by atoms with E-state index in [-0.39, 0.29) is 0 Å². The Hall–Kier alpha value is -0.620. The molecule has 0 saturated carbocycles. The maximum absolute atomic E-state index is 14.1. The zero-order valence-corrected chi connectivity index (χ0v) is 22.4. The Labute approximate surface area is 184 Å². The Morgan fingerprint density at radius 3 is 0.633 bits per heavy atom. The Bertz CT molecular complexity index is 898. The molecule has 4 bridgehead atoms. The van der Waals surface area contributed by atoms with Crippen LogP contribution in [-0.4, -0.2) is 37.8 Å². The molecule has 1 fully saturated rings. The number of hydrogen-bond donors (Lipinski definition) is 0. The van der Waals surface area contributed by atoms with Crippen molar-refractivity contribution in [3.8, 4) is 0 Å². The summed E-state index contributed by atoms with van der Waals surface area (Å²) in [6.07, 6.45) is 0. The molecule has 0 amide bonds. The first-order valence-electron chi connectivity index (χ1n) is 10.9. The summed E-state index contributed by atoms with van der Waals surface area (Å²) >= 11 is 0. The van der Waals surface area contributed by atoms with Gasteiger partial charge in [-0.2, -0.15) is 0 Å². The van der Waals surface area contributed by atoms with Crippen molar-refractivity contribution < 1.29 is 16.8 Å². The zero-order valence-electron chi connectivity index (χ0n) is 20.8. The van der Waals surface area contributed by atoms with Gasteiger partial charge in [-0.05, 0) is 44.0 Å². The molecule has 30 heavy (non-hydrogen) atoms. The van der Waals surface area contributed by atoms with Crippen LogP contribution in [-0.2, 0) is 19.7 Å². The molecule has 3 heterocycles. The lowest BCUT2D eigenvalue weighted by molar-refractivity contribution is 0.402. The molecule has 1 saturated heterocycles. The van der Waals surface area contributed by atoms with Crippen LogP contribution in [0.1, 0.15) is 83.1 Å².